The molecule has 0 fully saturated rings. The van der Waals surface area contributed by atoms with Crippen LogP contribution in [0.15, 0.2) is 28.9 Å². The van der Waals surface area contributed by atoms with Crippen LogP contribution < -0.4 is 14.8 Å². The van der Waals surface area contributed by atoms with Crippen molar-refractivity contribution in [2.75, 3.05) is 19.5 Å². The van der Waals surface area contributed by atoms with Crippen LogP contribution in [-0.2, 0) is 0 Å². The second-order valence-electron chi connectivity index (χ2n) is 4.00. The highest BCUT2D eigenvalue weighted by molar-refractivity contribution is 7.22. The first-order chi connectivity index (χ1) is 10.2. The van der Waals surface area contributed by atoms with Crippen LogP contribution in [-0.4, -0.2) is 30.3 Å². The zero-order chi connectivity index (χ0) is 14.8. The van der Waals surface area contributed by atoms with E-state index < -0.39 is 5.91 Å². The molecule has 0 radical (unpaired) electrons. The van der Waals surface area contributed by atoms with Crippen molar-refractivity contribution < 1.29 is 18.8 Å². The lowest BCUT2D eigenvalue weighted by molar-refractivity contribution is 0.0988. The highest BCUT2D eigenvalue weighted by Gasteiger charge is 2.17. The van der Waals surface area contributed by atoms with Gasteiger partial charge >= 0.3 is 0 Å². The molecule has 0 aliphatic rings. The van der Waals surface area contributed by atoms with Crippen LogP contribution in [0.1, 0.15) is 10.6 Å². The van der Waals surface area contributed by atoms with Gasteiger partial charge in [-0.05, 0) is 12.1 Å². The normalized spacial score (nSPS) is 10.6. The zero-order valence-corrected chi connectivity index (χ0v) is 12.1. The average molecular weight is 305 g/mol. The van der Waals surface area contributed by atoms with Crippen LogP contribution in [0.25, 0.3) is 10.2 Å². The highest BCUT2D eigenvalue weighted by atomic mass is 32.1. The molecule has 0 unspecified atom stereocenters. The molecule has 0 spiro atoms. The summed E-state index contributed by atoms with van der Waals surface area (Å²) in [5.41, 5.74) is 0.634. The lowest BCUT2D eigenvalue weighted by atomic mass is 10.3. The standard InChI is InChI=1S/C13H11N3O4S/c1-18-7-3-4-8(19-2)11-10(7)15-13(21-11)16-12(17)9-5-6-14-20-9/h3-6H,1-2H3,(H,15,16,17). The lowest BCUT2D eigenvalue weighted by Crippen LogP contribution is -2.10. The van der Waals surface area contributed by atoms with Crippen LogP contribution in [0.2, 0.25) is 0 Å². The lowest BCUT2D eigenvalue weighted by Gasteiger charge is -2.03. The van der Waals surface area contributed by atoms with Gasteiger partial charge in [-0.3, -0.25) is 10.1 Å². The minimum atomic E-state index is -0.413. The van der Waals surface area contributed by atoms with Crippen molar-refractivity contribution in [3.63, 3.8) is 0 Å². The number of aromatic nitrogens is 2. The summed E-state index contributed by atoms with van der Waals surface area (Å²) in [6.07, 6.45) is 1.40. The summed E-state index contributed by atoms with van der Waals surface area (Å²) in [6, 6.07) is 5.04. The molecule has 8 heteroatoms. The molecule has 1 aromatic carbocycles. The van der Waals surface area contributed by atoms with E-state index in [-0.39, 0.29) is 5.76 Å². The monoisotopic (exact) mass is 305 g/mol. The maximum absolute atomic E-state index is 11.9. The van der Waals surface area contributed by atoms with E-state index in [9.17, 15) is 4.79 Å². The SMILES string of the molecule is COc1ccc(OC)c2sc(NC(=O)c3ccno3)nc12. The number of hydrogen-bond acceptors (Lipinski definition) is 7. The van der Waals surface area contributed by atoms with Gasteiger partial charge in [-0.15, -0.1) is 0 Å². The molecule has 0 bridgehead atoms. The first-order valence-corrected chi connectivity index (χ1v) is 6.78. The summed E-state index contributed by atoms with van der Waals surface area (Å²) in [7, 11) is 3.14. The number of anilines is 1. The van der Waals surface area contributed by atoms with Crippen LogP contribution in [0.4, 0.5) is 5.13 Å². The molecule has 0 atom stereocenters. The third-order valence-electron chi connectivity index (χ3n) is 2.79. The van der Waals surface area contributed by atoms with Crippen LogP contribution in [0.5, 0.6) is 11.5 Å². The number of nitrogens with one attached hydrogen (secondary N) is 1. The molecule has 2 heterocycles. The maximum atomic E-state index is 11.9. The van der Waals surface area contributed by atoms with Gasteiger partial charge < -0.3 is 14.0 Å². The molecular formula is C13H11N3O4S. The topological polar surface area (TPSA) is 86.5 Å². The molecule has 3 rings (SSSR count). The second kappa shape index (κ2) is 5.41. The predicted octanol–water partition coefficient (Wildman–Crippen LogP) is 2.55. The van der Waals surface area contributed by atoms with Crippen LogP contribution >= 0.6 is 11.3 Å². The Morgan fingerprint density at radius 2 is 2.00 bits per heavy atom. The molecule has 0 aliphatic carbocycles. The van der Waals surface area contributed by atoms with E-state index in [1.807, 2.05) is 0 Å². The number of amides is 1. The van der Waals surface area contributed by atoms with Gasteiger partial charge in [-0.2, -0.15) is 0 Å². The molecule has 3 aromatic rings. The number of carbonyl (C=O) groups excluding carboxylic acids is 1. The number of nitrogens with zero attached hydrogens (tertiary/aromatic N) is 2. The Hall–Kier alpha value is -2.61. The molecule has 7 nitrogen and oxygen atoms in total. The number of benzene rings is 1. The van der Waals surface area contributed by atoms with Gasteiger partial charge in [0.25, 0.3) is 5.91 Å². The summed E-state index contributed by atoms with van der Waals surface area (Å²) in [6.45, 7) is 0. The van der Waals surface area contributed by atoms with E-state index in [4.69, 9.17) is 14.0 Å². The fourth-order valence-electron chi connectivity index (χ4n) is 1.83. The van der Waals surface area contributed by atoms with Crippen molar-refractivity contribution in [3.05, 3.63) is 30.2 Å². The Morgan fingerprint density at radius 1 is 1.24 bits per heavy atom. The zero-order valence-electron chi connectivity index (χ0n) is 11.2. The maximum Gasteiger partial charge on any atom is 0.296 e. The number of rotatable bonds is 4. The van der Waals surface area contributed by atoms with Gasteiger partial charge in [0.15, 0.2) is 5.13 Å². The van der Waals surface area contributed by atoms with Crippen molar-refractivity contribution >= 4 is 32.6 Å². The van der Waals surface area contributed by atoms with Gasteiger partial charge in [-0.1, -0.05) is 16.5 Å². The van der Waals surface area contributed by atoms with Gasteiger partial charge in [0.1, 0.15) is 21.7 Å². The van der Waals surface area contributed by atoms with Gasteiger partial charge in [0.05, 0.1) is 20.4 Å². The highest BCUT2D eigenvalue weighted by Crippen LogP contribution is 2.38. The average Bonchev–Trinajstić information content (AvgIpc) is 3.15. The van der Waals surface area contributed by atoms with Gasteiger partial charge in [-0.25, -0.2) is 4.98 Å². The molecule has 21 heavy (non-hydrogen) atoms. The van der Waals surface area contributed by atoms with E-state index in [1.54, 1.807) is 26.4 Å². The van der Waals surface area contributed by atoms with Crippen molar-refractivity contribution in [1.82, 2.24) is 10.1 Å². The first kappa shape index (κ1) is 13.4. The Labute approximate surface area is 123 Å². The second-order valence-corrected chi connectivity index (χ2v) is 5.00. The summed E-state index contributed by atoms with van der Waals surface area (Å²) >= 11 is 1.29. The third-order valence-corrected chi connectivity index (χ3v) is 3.78. The summed E-state index contributed by atoms with van der Waals surface area (Å²) in [5.74, 6) is 0.989. The fourth-order valence-corrected chi connectivity index (χ4v) is 2.80. The molecule has 108 valence electrons. The van der Waals surface area contributed by atoms with Crippen LogP contribution in [0, 0.1) is 0 Å². The summed E-state index contributed by atoms with van der Waals surface area (Å²) in [5, 5.41) is 6.57. The Balaban J connectivity index is 1.98. The predicted molar refractivity (Wildman–Crippen MR) is 77.2 cm³/mol. The van der Waals surface area contributed by atoms with Crippen molar-refractivity contribution in [2.45, 2.75) is 0 Å². The summed E-state index contributed by atoms with van der Waals surface area (Å²) in [4.78, 5) is 16.3. The molecule has 0 saturated carbocycles. The number of fused-ring (bicyclic) bond motifs is 1. The van der Waals surface area contributed by atoms with E-state index in [0.29, 0.717) is 22.1 Å². The van der Waals surface area contributed by atoms with E-state index in [0.717, 1.165) is 4.70 Å². The number of ether oxygens (including phenoxy) is 2. The van der Waals surface area contributed by atoms with Crippen molar-refractivity contribution in [2.24, 2.45) is 0 Å². The Bertz CT molecular complexity index is 741. The molecule has 0 saturated heterocycles. The Morgan fingerprint density at radius 3 is 2.67 bits per heavy atom. The van der Waals surface area contributed by atoms with E-state index in [2.05, 4.69) is 15.5 Å². The molecule has 2 aromatic heterocycles. The first-order valence-electron chi connectivity index (χ1n) is 5.96. The fraction of sp³-hybridized carbons (Fsp3) is 0.154. The molecular weight excluding hydrogens is 294 g/mol. The number of carbonyl (C=O) groups is 1. The largest absolute Gasteiger partial charge is 0.495 e. The van der Waals surface area contributed by atoms with Gasteiger partial charge in [0.2, 0.25) is 5.76 Å². The molecule has 1 N–H and O–H groups in total. The van der Waals surface area contributed by atoms with Crippen molar-refractivity contribution in [3.8, 4) is 11.5 Å². The van der Waals surface area contributed by atoms with E-state index in [1.165, 1.54) is 23.6 Å². The minimum absolute atomic E-state index is 0.119. The third kappa shape index (κ3) is 2.40. The Kier molecular flexibility index (Phi) is 3.44. The number of thiazole rings is 1. The molecule has 1 amide bonds. The van der Waals surface area contributed by atoms with Crippen LogP contribution in [0.3, 0.4) is 0 Å². The molecule has 0 aliphatic heterocycles. The van der Waals surface area contributed by atoms with E-state index >= 15 is 0 Å². The quantitative estimate of drug-likeness (QED) is 0.797. The van der Waals surface area contributed by atoms with Crippen molar-refractivity contribution in [1.29, 1.82) is 0 Å². The minimum Gasteiger partial charge on any atom is -0.495 e. The van der Waals surface area contributed by atoms with Gasteiger partial charge in [0, 0.05) is 6.07 Å². The number of methoxy groups -OCH3 is 2. The number of hydrogen-bond donors (Lipinski definition) is 1. The summed E-state index contributed by atoms with van der Waals surface area (Å²) < 4.78 is 16.1. The smallest absolute Gasteiger partial charge is 0.296 e.